The Labute approximate surface area is 357 Å². The van der Waals surface area contributed by atoms with Crippen molar-refractivity contribution in [2.45, 2.75) is 108 Å². The summed E-state index contributed by atoms with van der Waals surface area (Å²) in [5.74, 6) is 1.63. The van der Waals surface area contributed by atoms with Gasteiger partial charge < -0.3 is 9.67 Å². The first-order valence-electron chi connectivity index (χ1n) is 19.9. The standard InChI is InChI=1S/C32H31F3NS.C17H32O2.Ir/c1-19-21-10-8-9-11-22(21)26(30(2,3)4)17-25(19)28-29-24(14-15-36(28)7)23-13-12-20(16-27(23)37-29)18-31(5,6)32(33,34)35;1-10(2)16(11(3)4)14(18)9-15(19)17(12(5)6)13(7)8;/h8-17H,1,7,18H2,2-6H3;9-13,16-18H,1-8H3;/q-1;;/b;14-9-;. The maximum absolute atomic E-state index is 13.5. The molecule has 5 rings (SSSR count). The van der Waals surface area contributed by atoms with E-state index in [1.54, 1.807) is 11.3 Å². The van der Waals surface area contributed by atoms with Gasteiger partial charge in [-0.2, -0.15) is 25.7 Å². The molecule has 0 unspecified atom stereocenters. The number of ketones is 1. The second-order valence-corrected chi connectivity index (χ2v) is 19.7. The van der Waals surface area contributed by atoms with Crippen LogP contribution in [0, 0.1) is 54.9 Å². The van der Waals surface area contributed by atoms with Crippen molar-refractivity contribution in [3.63, 3.8) is 0 Å². The molecule has 1 radical (unpaired) electrons. The molecule has 0 fully saturated rings. The molecule has 5 aromatic rings. The van der Waals surface area contributed by atoms with Crippen molar-refractivity contribution in [2.24, 2.45) is 40.9 Å². The van der Waals surface area contributed by atoms with E-state index in [4.69, 9.17) is 0 Å². The molecule has 3 aromatic carbocycles. The number of hydrogen-bond acceptors (Lipinski definition) is 3. The fraction of sp³-hybridized carbons (Fsp3) is 0.469. The molecule has 57 heavy (non-hydrogen) atoms. The number of allylic oxidation sites excluding steroid dienone is 2. The number of aliphatic hydroxyl groups is 1. The van der Waals surface area contributed by atoms with E-state index in [2.05, 4.69) is 114 Å². The number of pyridine rings is 1. The molecule has 2 aromatic heterocycles. The van der Waals surface area contributed by atoms with Crippen LogP contribution in [0.15, 0.2) is 72.6 Å². The van der Waals surface area contributed by atoms with E-state index in [-0.39, 0.29) is 55.3 Å². The van der Waals surface area contributed by atoms with Crippen LogP contribution in [0.2, 0.25) is 0 Å². The van der Waals surface area contributed by atoms with Crippen LogP contribution < -0.4 is 4.57 Å². The van der Waals surface area contributed by atoms with Gasteiger partial charge in [-0.25, -0.2) is 0 Å². The number of carbonyl (C=O) groups is 1. The van der Waals surface area contributed by atoms with E-state index in [0.29, 0.717) is 29.2 Å². The van der Waals surface area contributed by atoms with E-state index >= 15 is 0 Å². The van der Waals surface area contributed by atoms with E-state index < -0.39 is 11.6 Å². The predicted octanol–water partition coefficient (Wildman–Crippen LogP) is 14.3. The molecular formula is C49H63F3IrNO2S-. The first-order chi connectivity index (χ1) is 25.8. The molecule has 0 amide bonds. The van der Waals surface area contributed by atoms with Gasteiger partial charge in [0.05, 0.1) is 23.1 Å². The minimum Gasteiger partial charge on any atom is -0.512 e. The third-order valence-corrected chi connectivity index (χ3v) is 12.4. The van der Waals surface area contributed by atoms with Gasteiger partial charge in [0.15, 0.2) is 5.78 Å². The van der Waals surface area contributed by atoms with Gasteiger partial charge in [-0.05, 0) is 64.0 Å². The van der Waals surface area contributed by atoms with Crippen molar-refractivity contribution in [2.75, 3.05) is 0 Å². The summed E-state index contributed by atoms with van der Waals surface area (Å²) in [6.07, 6.45) is -0.892. The van der Waals surface area contributed by atoms with E-state index in [0.717, 1.165) is 42.4 Å². The van der Waals surface area contributed by atoms with Gasteiger partial charge in [-0.1, -0.05) is 131 Å². The number of fused-ring (bicyclic) bond motifs is 4. The summed E-state index contributed by atoms with van der Waals surface area (Å²) in [6.45, 7) is 30.2. The van der Waals surface area contributed by atoms with Crippen molar-refractivity contribution in [3.05, 3.63) is 103 Å². The number of aliphatic hydroxyl groups excluding tert-OH is 1. The van der Waals surface area contributed by atoms with Crippen LogP contribution in [0.4, 0.5) is 13.2 Å². The van der Waals surface area contributed by atoms with Gasteiger partial charge in [-0.15, -0.1) is 34.4 Å². The summed E-state index contributed by atoms with van der Waals surface area (Å²) in [7, 11) is 4.29. The minimum absolute atomic E-state index is 0. The second-order valence-electron chi connectivity index (χ2n) is 18.6. The molecule has 313 valence electrons. The van der Waals surface area contributed by atoms with Crippen LogP contribution in [0.25, 0.3) is 42.2 Å². The first kappa shape index (κ1) is 48.1. The van der Waals surface area contributed by atoms with Crippen LogP contribution >= 0.6 is 11.3 Å². The van der Waals surface area contributed by atoms with Gasteiger partial charge in [-0.3, -0.25) is 4.79 Å². The molecular weight excluding hydrogens is 916 g/mol. The van der Waals surface area contributed by atoms with Crippen LogP contribution in [0.3, 0.4) is 0 Å². The van der Waals surface area contributed by atoms with Crippen molar-refractivity contribution in [3.8, 4) is 11.3 Å². The molecule has 0 spiro atoms. The molecule has 3 nitrogen and oxygen atoms in total. The van der Waals surface area contributed by atoms with Gasteiger partial charge in [0.25, 0.3) is 0 Å². The van der Waals surface area contributed by atoms with Crippen molar-refractivity contribution >= 4 is 48.1 Å². The fourth-order valence-electron chi connectivity index (χ4n) is 8.35. The van der Waals surface area contributed by atoms with Crippen molar-refractivity contribution in [1.29, 1.82) is 0 Å². The summed E-state index contributed by atoms with van der Waals surface area (Å²) in [4.78, 5) is 12.3. The summed E-state index contributed by atoms with van der Waals surface area (Å²) < 4.78 is 44.5. The Kier molecular flexibility index (Phi) is 15.4. The maximum atomic E-state index is 13.5. The van der Waals surface area contributed by atoms with E-state index in [1.165, 1.54) is 30.9 Å². The molecule has 0 bridgehead atoms. The van der Waals surface area contributed by atoms with E-state index in [9.17, 15) is 23.1 Å². The smallest absolute Gasteiger partial charge is 0.394 e. The quantitative estimate of drug-likeness (QED) is 0.0656. The number of benzene rings is 3. The van der Waals surface area contributed by atoms with Crippen LogP contribution in [0.5, 0.6) is 0 Å². The number of nitrogens with zero attached hydrogens (tertiary/aromatic N) is 1. The average molecular weight is 979 g/mol. The maximum Gasteiger partial charge on any atom is 0.394 e. The second kappa shape index (κ2) is 18.3. The Balaban J connectivity index is 0.000000372. The van der Waals surface area contributed by atoms with Crippen molar-refractivity contribution < 1.29 is 47.7 Å². The predicted molar refractivity (Wildman–Crippen MR) is 232 cm³/mol. The third-order valence-electron chi connectivity index (χ3n) is 11.2. The third kappa shape index (κ3) is 10.5. The number of alkyl halides is 3. The van der Waals surface area contributed by atoms with Gasteiger partial charge in [0, 0.05) is 54.5 Å². The van der Waals surface area contributed by atoms with Crippen LogP contribution in [-0.2, 0) is 36.7 Å². The zero-order chi connectivity index (χ0) is 42.2. The number of carbonyl (C=O) groups excluding carboxylic acids is 1. The Hall–Kier alpha value is -3.32. The molecule has 0 aliphatic heterocycles. The van der Waals surface area contributed by atoms with Crippen molar-refractivity contribution in [1.82, 2.24) is 0 Å². The number of rotatable bonds is 10. The van der Waals surface area contributed by atoms with Gasteiger partial charge in [0.2, 0.25) is 0 Å². The van der Waals surface area contributed by atoms with E-state index in [1.807, 2.05) is 41.1 Å². The summed E-state index contributed by atoms with van der Waals surface area (Å²) >= 11 is 1.60. The first-order valence-corrected chi connectivity index (χ1v) is 20.7. The Morgan fingerprint density at radius 3 is 1.84 bits per heavy atom. The topological polar surface area (TPSA) is 41.2 Å². The Morgan fingerprint density at radius 1 is 0.789 bits per heavy atom. The van der Waals surface area contributed by atoms with Gasteiger partial charge >= 0.3 is 6.18 Å². The normalized spacial score (nSPS) is 13.1. The molecule has 0 aliphatic carbocycles. The summed E-state index contributed by atoms with van der Waals surface area (Å²) in [6, 6.07) is 18.3. The molecule has 0 saturated carbocycles. The molecule has 0 saturated heterocycles. The van der Waals surface area contributed by atoms with Crippen LogP contribution in [0.1, 0.15) is 107 Å². The average Bonchev–Trinajstić information content (AvgIpc) is 3.41. The monoisotopic (exact) mass is 979 g/mol. The van der Waals surface area contributed by atoms with Crippen LogP contribution in [-0.4, -0.2) is 17.1 Å². The minimum atomic E-state index is -4.26. The SMILES string of the molecule is CC(C)C(C(=O)/C=C(\O)C(C(C)C)C(C)C)C(C)C.[CH2-]c1c(-c2c3sc4cc(CC(C)(C)C(F)(F)F)ccc4c3cc[n+]2[CH2-])cc(C(C)(C)C)c2ccccc12.[Ir]. The molecule has 0 atom stereocenters. The largest absolute Gasteiger partial charge is 0.512 e. The Morgan fingerprint density at radius 2 is 1.33 bits per heavy atom. The number of halogens is 3. The number of aromatic nitrogens is 1. The molecule has 0 aliphatic rings. The number of hydrogen-bond donors (Lipinski definition) is 1. The Bertz CT molecular complexity index is 2200. The zero-order valence-electron chi connectivity index (χ0n) is 36.1. The molecule has 8 heteroatoms. The summed E-state index contributed by atoms with van der Waals surface area (Å²) in [5, 5.41) is 14.7. The number of thiophene rings is 1. The van der Waals surface area contributed by atoms with Gasteiger partial charge in [0.1, 0.15) is 0 Å². The molecule has 1 N–H and O–H groups in total. The fourth-order valence-corrected chi connectivity index (χ4v) is 9.68. The zero-order valence-corrected chi connectivity index (χ0v) is 39.3. The summed E-state index contributed by atoms with van der Waals surface area (Å²) in [5.41, 5.74) is 2.98. The molecule has 2 heterocycles.